The number of amides is 1. The van der Waals surface area contributed by atoms with Gasteiger partial charge < -0.3 is 40.0 Å². The van der Waals surface area contributed by atoms with Crippen LogP contribution >= 0.6 is 0 Å². The molecule has 234 valence electrons. The van der Waals surface area contributed by atoms with E-state index in [-0.39, 0.29) is 52.0 Å². The highest BCUT2D eigenvalue weighted by atomic mass is 16.6. The number of carbonyl (C=O) groups excluding carboxylic acids is 3. The molecule has 0 bridgehead atoms. The summed E-state index contributed by atoms with van der Waals surface area (Å²) in [5.74, 6) is -4.56. The van der Waals surface area contributed by atoms with Gasteiger partial charge in [0.2, 0.25) is 5.91 Å². The lowest BCUT2D eigenvalue weighted by Gasteiger charge is -2.16. The molecule has 0 unspecified atom stereocenters. The van der Waals surface area contributed by atoms with Crippen molar-refractivity contribution in [3.05, 3.63) is 119 Å². The Hall–Kier alpha value is -5.27. The van der Waals surface area contributed by atoms with Crippen molar-refractivity contribution < 1.29 is 53.9 Å². The molecule has 0 saturated carbocycles. The average Bonchev–Trinajstić information content (AvgIpc) is 3.02. The molecule has 4 rings (SSSR count). The van der Waals surface area contributed by atoms with E-state index in [0.29, 0.717) is 5.56 Å². The highest BCUT2D eigenvalue weighted by molar-refractivity contribution is 6.60. The Kier molecular flexibility index (Phi) is 11.1. The van der Waals surface area contributed by atoms with Crippen molar-refractivity contribution in [2.75, 3.05) is 0 Å². The van der Waals surface area contributed by atoms with Crippen LogP contribution in [0.2, 0.25) is 0 Å². The van der Waals surface area contributed by atoms with Gasteiger partial charge in [0, 0.05) is 6.42 Å². The second-order valence-corrected chi connectivity index (χ2v) is 10.3. The molecule has 0 fully saturated rings. The maximum Gasteiger partial charge on any atom is 0.489 e. The zero-order chi connectivity index (χ0) is 33.4. The number of aryl methyl sites for hydroxylation is 1. The fourth-order valence-corrected chi connectivity index (χ4v) is 4.54. The number of aliphatic carboxylic acids is 1. The quantitative estimate of drug-likeness (QED) is 0.0712. The van der Waals surface area contributed by atoms with Crippen LogP contribution in [0.1, 0.15) is 37.4 Å². The molecule has 14 heteroatoms. The van der Waals surface area contributed by atoms with Gasteiger partial charge >= 0.3 is 32.1 Å². The molecule has 1 atom stereocenters. The van der Waals surface area contributed by atoms with Crippen molar-refractivity contribution in [2.45, 2.75) is 25.8 Å². The van der Waals surface area contributed by atoms with Crippen LogP contribution in [0.5, 0.6) is 11.5 Å². The van der Waals surface area contributed by atoms with E-state index >= 15 is 0 Å². The summed E-state index contributed by atoms with van der Waals surface area (Å²) < 4.78 is 11.0. The van der Waals surface area contributed by atoms with Crippen molar-refractivity contribution in [3.63, 3.8) is 0 Å². The number of benzene rings is 4. The van der Waals surface area contributed by atoms with Gasteiger partial charge in [0.05, 0.1) is 17.5 Å². The lowest BCUT2D eigenvalue weighted by atomic mass is 9.77. The van der Waals surface area contributed by atoms with Crippen LogP contribution in [0, 0.1) is 6.92 Å². The molecule has 0 radical (unpaired) electrons. The first-order valence-corrected chi connectivity index (χ1v) is 14.0. The molecule has 4 aromatic rings. The molecule has 4 aromatic carbocycles. The lowest BCUT2D eigenvalue weighted by Crippen LogP contribution is -2.43. The molecule has 0 heterocycles. The molecule has 1 amide bonds. The molecule has 0 spiro atoms. The highest BCUT2D eigenvalue weighted by Crippen LogP contribution is 2.30. The number of carbonyl (C=O) groups is 4. The van der Waals surface area contributed by atoms with Gasteiger partial charge in [0.25, 0.3) is 0 Å². The summed E-state index contributed by atoms with van der Waals surface area (Å²) in [6.45, 7) is 1.89. The number of hydrogen-bond donors (Lipinski definition) is 6. The minimum Gasteiger partial charge on any atom is -0.480 e. The van der Waals surface area contributed by atoms with Crippen LogP contribution in [-0.4, -0.2) is 69.3 Å². The molecule has 0 aliphatic rings. The Morgan fingerprint density at radius 2 is 1.20 bits per heavy atom. The molecule has 46 heavy (non-hydrogen) atoms. The fourth-order valence-electron chi connectivity index (χ4n) is 4.54. The fraction of sp³-hybridized carbons (Fsp3) is 0.125. The van der Waals surface area contributed by atoms with Gasteiger partial charge in [-0.1, -0.05) is 72.3 Å². The monoisotopic (exact) mass is 625 g/mol. The van der Waals surface area contributed by atoms with Crippen LogP contribution in [0.15, 0.2) is 91.0 Å². The van der Waals surface area contributed by atoms with Crippen LogP contribution in [0.3, 0.4) is 0 Å². The molecule has 0 aliphatic heterocycles. The maximum atomic E-state index is 13.1. The summed E-state index contributed by atoms with van der Waals surface area (Å²) in [7, 11) is -3.98. The summed E-state index contributed by atoms with van der Waals surface area (Å²) in [6, 6.07) is 21.0. The normalized spacial score (nSPS) is 11.2. The number of esters is 2. The van der Waals surface area contributed by atoms with E-state index < -0.39 is 44.1 Å². The van der Waals surface area contributed by atoms with E-state index in [0.717, 1.165) is 5.56 Å². The first-order chi connectivity index (χ1) is 21.9. The van der Waals surface area contributed by atoms with Crippen LogP contribution in [0.4, 0.5) is 0 Å². The van der Waals surface area contributed by atoms with Gasteiger partial charge in [-0.15, -0.1) is 0 Å². The SMILES string of the molecule is Cc1ccc(C[C@H](NC(=O)Cc2ccc(OC(=O)c3ccccc3B(O)O)c(OC(=O)c3ccccc3B(O)O)c2)C(=O)O)cc1. The number of nitrogens with one attached hydrogen (secondary N) is 1. The van der Waals surface area contributed by atoms with E-state index in [4.69, 9.17) is 9.47 Å². The minimum absolute atomic E-state index is 0.0409. The second-order valence-electron chi connectivity index (χ2n) is 10.3. The van der Waals surface area contributed by atoms with Gasteiger partial charge in [-0.25, -0.2) is 14.4 Å². The Morgan fingerprint density at radius 1 is 0.696 bits per heavy atom. The molecular weight excluding hydrogens is 596 g/mol. The number of hydrogen-bond acceptors (Lipinski definition) is 10. The Balaban J connectivity index is 1.61. The minimum atomic E-state index is -2.00. The van der Waals surface area contributed by atoms with E-state index in [1.807, 2.05) is 19.1 Å². The molecule has 0 aliphatic carbocycles. The number of rotatable bonds is 12. The molecule has 0 saturated heterocycles. The topological polar surface area (TPSA) is 200 Å². The maximum absolute atomic E-state index is 13.1. The van der Waals surface area contributed by atoms with Crippen molar-refractivity contribution >= 4 is 49.0 Å². The summed E-state index contributed by atoms with van der Waals surface area (Å²) in [5, 5.41) is 50.9. The van der Waals surface area contributed by atoms with E-state index in [2.05, 4.69) is 5.32 Å². The Morgan fingerprint density at radius 3 is 1.72 bits per heavy atom. The third-order valence-corrected chi connectivity index (χ3v) is 6.89. The van der Waals surface area contributed by atoms with Crippen LogP contribution in [0.25, 0.3) is 0 Å². The molecular formula is C32H29B2NO11. The number of carboxylic acids is 1. The Labute approximate surface area is 264 Å². The van der Waals surface area contributed by atoms with Gasteiger partial charge in [-0.2, -0.15) is 0 Å². The van der Waals surface area contributed by atoms with Crippen LogP contribution < -0.4 is 25.7 Å². The molecule has 6 N–H and O–H groups in total. The largest absolute Gasteiger partial charge is 0.489 e. The number of carboxylic acid groups (broad SMARTS) is 1. The average molecular weight is 625 g/mol. The lowest BCUT2D eigenvalue weighted by molar-refractivity contribution is -0.141. The Bertz CT molecular complexity index is 1740. The van der Waals surface area contributed by atoms with Crippen molar-refractivity contribution in [1.82, 2.24) is 5.32 Å². The zero-order valence-corrected chi connectivity index (χ0v) is 24.5. The predicted octanol–water partition coefficient (Wildman–Crippen LogP) is 0.148. The van der Waals surface area contributed by atoms with Crippen molar-refractivity contribution in [1.29, 1.82) is 0 Å². The number of ether oxygens (including phenoxy) is 2. The third-order valence-electron chi connectivity index (χ3n) is 6.89. The van der Waals surface area contributed by atoms with E-state index in [9.17, 15) is 44.4 Å². The van der Waals surface area contributed by atoms with Gasteiger partial charge in [0.1, 0.15) is 6.04 Å². The second kappa shape index (κ2) is 15.1. The zero-order valence-electron chi connectivity index (χ0n) is 24.5. The van der Waals surface area contributed by atoms with Gasteiger partial charge in [0.15, 0.2) is 11.5 Å². The van der Waals surface area contributed by atoms with Crippen LogP contribution in [-0.2, 0) is 22.4 Å². The third kappa shape index (κ3) is 8.67. The van der Waals surface area contributed by atoms with Crippen molar-refractivity contribution in [2.24, 2.45) is 0 Å². The smallest absolute Gasteiger partial charge is 0.480 e. The summed E-state index contributed by atoms with van der Waals surface area (Å²) in [5.41, 5.74) is 1.29. The van der Waals surface area contributed by atoms with Crippen molar-refractivity contribution in [3.8, 4) is 11.5 Å². The summed E-state index contributed by atoms with van der Waals surface area (Å²) in [6.07, 6.45) is -0.304. The molecule has 0 aromatic heterocycles. The molecule has 12 nitrogen and oxygen atoms in total. The van der Waals surface area contributed by atoms with E-state index in [1.54, 1.807) is 12.1 Å². The van der Waals surface area contributed by atoms with Gasteiger partial charge in [-0.05, 0) is 53.2 Å². The first kappa shape index (κ1) is 33.6. The summed E-state index contributed by atoms with van der Waals surface area (Å²) >= 11 is 0. The van der Waals surface area contributed by atoms with Gasteiger partial charge in [-0.3, -0.25) is 4.79 Å². The predicted molar refractivity (Wildman–Crippen MR) is 167 cm³/mol. The highest BCUT2D eigenvalue weighted by Gasteiger charge is 2.26. The van der Waals surface area contributed by atoms with E-state index in [1.165, 1.54) is 66.7 Å². The first-order valence-electron chi connectivity index (χ1n) is 14.0. The standard InChI is InChI=1S/C32H29B2NO11/c1-19-10-12-20(13-11-19)16-26(30(37)38)35-29(36)18-21-14-15-27(45-31(39)22-6-2-4-8-24(22)33(41)42)28(17-21)46-32(40)23-7-3-5-9-25(23)34(43)44/h2-15,17,26,41-44H,16,18H2,1H3,(H,35,36)(H,37,38)/t26-/m0/s1. The summed E-state index contributed by atoms with van der Waals surface area (Å²) in [4.78, 5) is 51.0.